The summed E-state index contributed by atoms with van der Waals surface area (Å²) in [5, 5.41) is 16.8. The normalized spacial score (nSPS) is 16.8. The molecule has 0 saturated heterocycles. The van der Waals surface area contributed by atoms with Crippen LogP contribution in [0.5, 0.6) is 0 Å². The maximum Gasteiger partial charge on any atom is 0.252 e. The van der Waals surface area contributed by atoms with Crippen molar-refractivity contribution in [3.63, 3.8) is 0 Å². The van der Waals surface area contributed by atoms with Crippen LogP contribution in [0.15, 0.2) is 48.8 Å². The molecule has 6 nitrogen and oxygen atoms in total. The average Bonchev–Trinajstić information content (AvgIpc) is 3.18. The summed E-state index contributed by atoms with van der Waals surface area (Å²) in [6.07, 6.45) is 6.22. The van der Waals surface area contributed by atoms with Crippen LogP contribution >= 0.6 is 0 Å². The fraction of sp³-hybridized carbons (Fsp3) is 0.333. The number of nitrogens with zero attached hydrogens (tertiary/aromatic N) is 4. The van der Waals surface area contributed by atoms with Gasteiger partial charge in [-0.3, -0.25) is 4.79 Å². The molecule has 0 bridgehead atoms. The maximum absolute atomic E-state index is 13.2. The molecule has 0 spiro atoms. The van der Waals surface area contributed by atoms with Gasteiger partial charge < -0.3 is 5.32 Å². The van der Waals surface area contributed by atoms with Crippen LogP contribution in [0.1, 0.15) is 32.1 Å². The van der Waals surface area contributed by atoms with Gasteiger partial charge in [-0.25, -0.2) is 4.68 Å². The van der Waals surface area contributed by atoms with Crippen LogP contribution in [-0.2, 0) is 10.3 Å². The lowest BCUT2D eigenvalue weighted by Gasteiger charge is -2.35. The highest BCUT2D eigenvalue weighted by Gasteiger charge is 2.42. The van der Waals surface area contributed by atoms with E-state index in [1.807, 2.05) is 42.5 Å². The molecule has 4 rings (SSSR count). The quantitative estimate of drug-likeness (QED) is 0.804. The third-order valence-electron chi connectivity index (χ3n) is 4.93. The molecule has 0 aliphatic heterocycles. The van der Waals surface area contributed by atoms with Crippen LogP contribution in [0, 0.1) is 0 Å². The molecular formula is C18H19N5O. The number of carbonyl (C=O) groups excluding carboxylic acids is 1. The van der Waals surface area contributed by atoms with Crippen molar-refractivity contribution in [3.8, 4) is 0 Å². The Morgan fingerprint density at radius 1 is 1.04 bits per heavy atom. The number of benzene rings is 2. The average molecular weight is 321 g/mol. The number of hydrogen-bond donors (Lipinski definition) is 1. The molecule has 1 fully saturated rings. The second kappa shape index (κ2) is 6.03. The zero-order valence-corrected chi connectivity index (χ0v) is 13.4. The lowest BCUT2D eigenvalue weighted by molar-refractivity contribution is -0.126. The predicted octanol–water partition coefficient (Wildman–Crippen LogP) is 3.12. The highest BCUT2D eigenvalue weighted by Crippen LogP contribution is 2.36. The Morgan fingerprint density at radius 2 is 1.83 bits per heavy atom. The van der Waals surface area contributed by atoms with E-state index in [1.54, 1.807) is 11.0 Å². The number of tetrazole rings is 1. The molecule has 24 heavy (non-hydrogen) atoms. The summed E-state index contributed by atoms with van der Waals surface area (Å²) >= 11 is 0. The van der Waals surface area contributed by atoms with E-state index in [0.29, 0.717) is 0 Å². The zero-order chi connectivity index (χ0) is 16.4. The first-order valence-corrected chi connectivity index (χ1v) is 8.32. The van der Waals surface area contributed by atoms with Crippen molar-refractivity contribution in [1.82, 2.24) is 20.2 Å². The van der Waals surface area contributed by atoms with Gasteiger partial charge in [0, 0.05) is 11.1 Å². The third kappa shape index (κ3) is 2.44. The number of amides is 1. The highest BCUT2D eigenvalue weighted by atomic mass is 16.2. The molecule has 0 radical (unpaired) electrons. The SMILES string of the molecule is O=C(Nc1cccc2ccccc12)C1(n2cnnn2)CCCCC1. The first-order valence-electron chi connectivity index (χ1n) is 8.32. The summed E-state index contributed by atoms with van der Waals surface area (Å²) in [7, 11) is 0. The van der Waals surface area contributed by atoms with Gasteiger partial charge in [0.2, 0.25) is 0 Å². The van der Waals surface area contributed by atoms with E-state index in [4.69, 9.17) is 0 Å². The monoisotopic (exact) mass is 321 g/mol. The van der Waals surface area contributed by atoms with Gasteiger partial charge in [0.15, 0.2) is 0 Å². The predicted molar refractivity (Wildman–Crippen MR) is 91.5 cm³/mol. The number of anilines is 1. The molecule has 2 aromatic carbocycles. The van der Waals surface area contributed by atoms with Crippen LogP contribution in [0.3, 0.4) is 0 Å². The van der Waals surface area contributed by atoms with Crippen molar-refractivity contribution in [2.24, 2.45) is 0 Å². The van der Waals surface area contributed by atoms with E-state index >= 15 is 0 Å². The number of nitrogens with one attached hydrogen (secondary N) is 1. The minimum atomic E-state index is -0.696. The van der Waals surface area contributed by atoms with Gasteiger partial charge in [-0.05, 0) is 34.7 Å². The number of carbonyl (C=O) groups is 1. The summed E-state index contributed by atoms with van der Waals surface area (Å²) in [5.74, 6) is -0.0362. The second-order valence-electron chi connectivity index (χ2n) is 6.33. The van der Waals surface area contributed by atoms with Crippen LogP contribution in [0.4, 0.5) is 5.69 Å². The van der Waals surface area contributed by atoms with Crippen molar-refractivity contribution in [2.75, 3.05) is 5.32 Å². The number of rotatable bonds is 3. The summed E-state index contributed by atoms with van der Waals surface area (Å²) in [6.45, 7) is 0. The Balaban J connectivity index is 1.71. The van der Waals surface area contributed by atoms with Gasteiger partial charge in [0.25, 0.3) is 5.91 Å². The smallest absolute Gasteiger partial charge is 0.252 e. The van der Waals surface area contributed by atoms with E-state index in [-0.39, 0.29) is 5.91 Å². The Bertz CT molecular complexity index is 847. The lowest BCUT2D eigenvalue weighted by atomic mass is 9.81. The van der Waals surface area contributed by atoms with Gasteiger partial charge in [-0.2, -0.15) is 0 Å². The van der Waals surface area contributed by atoms with E-state index in [2.05, 4.69) is 20.8 Å². The molecule has 1 heterocycles. The van der Waals surface area contributed by atoms with E-state index in [0.717, 1.165) is 48.6 Å². The van der Waals surface area contributed by atoms with Gasteiger partial charge in [-0.15, -0.1) is 5.10 Å². The van der Waals surface area contributed by atoms with Crippen molar-refractivity contribution < 1.29 is 4.79 Å². The maximum atomic E-state index is 13.2. The van der Waals surface area contributed by atoms with E-state index in [1.165, 1.54) is 0 Å². The summed E-state index contributed by atoms with van der Waals surface area (Å²) < 4.78 is 1.63. The summed E-state index contributed by atoms with van der Waals surface area (Å²) in [6, 6.07) is 14.0. The van der Waals surface area contributed by atoms with Crippen LogP contribution in [0.25, 0.3) is 10.8 Å². The lowest BCUT2D eigenvalue weighted by Crippen LogP contribution is -2.47. The Labute approximate surface area is 139 Å². The van der Waals surface area contributed by atoms with Gasteiger partial charge in [-0.1, -0.05) is 55.7 Å². The summed E-state index contributed by atoms with van der Waals surface area (Å²) in [4.78, 5) is 13.2. The Kier molecular flexibility index (Phi) is 3.72. The fourth-order valence-corrected chi connectivity index (χ4v) is 3.63. The Hall–Kier alpha value is -2.76. The zero-order valence-electron chi connectivity index (χ0n) is 13.4. The molecule has 1 amide bonds. The van der Waals surface area contributed by atoms with Crippen molar-refractivity contribution in [2.45, 2.75) is 37.6 Å². The minimum absolute atomic E-state index is 0.0362. The van der Waals surface area contributed by atoms with Gasteiger partial charge in [0.1, 0.15) is 11.9 Å². The van der Waals surface area contributed by atoms with E-state index < -0.39 is 5.54 Å². The molecule has 6 heteroatoms. The van der Waals surface area contributed by atoms with Crippen molar-refractivity contribution >= 4 is 22.4 Å². The third-order valence-corrected chi connectivity index (χ3v) is 4.93. The molecule has 1 saturated carbocycles. The number of aromatic nitrogens is 4. The largest absolute Gasteiger partial charge is 0.323 e. The second-order valence-corrected chi connectivity index (χ2v) is 6.33. The molecule has 3 aromatic rings. The number of hydrogen-bond acceptors (Lipinski definition) is 4. The molecule has 1 aromatic heterocycles. The molecule has 0 atom stereocenters. The Morgan fingerprint density at radius 3 is 2.62 bits per heavy atom. The first kappa shape index (κ1) is 14.8. The molecule has 1 aliphatic rings. The van der Waals surface area contributed by atoms with Gasteiger partial charge >= 0.3 is 0 Å². The molecular weight excluding hydrogens is 302 g/mol. The standard InChI is InChI=1S/C18H19N5O/c24-17(18(11-4-1-5-12-18)23-13-19-21-22-23)20-16-10-6-8-14-7-2-3-9-15(14)16/h2-3,6-10,13H,1,4-5,11-12H2,(H,20,24). The minimum Gasteiger partial charge on any atom is -0.323 e. The van der Waals surface area contributed by atoms with E-state index in [9.17, 15) is 4.79 Å². The van der Waals surface area contributed by atoms with Gasteiger partial charge in [0.05, 0.1) is 0 Å². The van der Waals surface area contributed by atoms with Crippen LogP contribution in [-0.4, -0.2) is 26.1 Å². The molecule has 122 valence electrons. The van der Waals surface area contributed by atoms with Crippen molar-refractivity contribution in [1.29, 1.82) is 0 Å². The topological polar surface area (TPSA) is 72.7 Å². The van der Waals surface area contributed by atoms with Crippen LogP contribution < -0.4 is 5.32 Å². The molecule has 1 aliphatic carbocycles. The van der Waals surface area contributed by atoms with Crippen molar-refractivity contribution in [3.05, 3.63) is 48.8 Å². The highest BCUT2D eigenvalue weighted by molar-refractivity contribution is 6.04. The fourth-order valence-electron chi connectivity index (χ4n) is 3.63. The number of fused-ring (bicyclic) bond motifs is 1. The van der Waals surface area contributed by atoms with Crippen LogP contribution in [0.2, 0.25) is 0 Å². The first-order chi connectivity index (χ1) is 11.8. The molecule has 1 N–H and O–H groups in total. The molecule has 0 unspecified atom stereocenters. The summed E-state index contributed by atoms with van der Waals surface area (Å²) in [5.41, 5.74) is 0.134.